The van der Waals surface area contributed by atoms with Crippen molar-refractivity contribution in [2.45, 2.75) is 25.5 Å². The number of rotatable bonds is 5. The smallest absolute Gasteiger partial charge is 0.307 e. The fraction of sp³-hybridized carbons (Fsp3) is 0.385. The molecule has 1 aromatic carbocycles. The van der Waals surface area contributed by atoms with Crippen molar-refractivity contribution in [1.29, 1.82) is 0 Å². The molecule has 1 atom stereocenters. The summed E-state index contributed by atoms with van der Waals surface area (Å²) >= 11 is 1.13. The van der Waals surface area contributed by atoms with Crippen LogP contribution in [0, 0.1) is 0 Å². The van der Waals surface area contributed by atoms with Gasteiger partial charge in [-0.25, -0.2) is 0 Å². The van der Waals surface area contributed by atoms with Gasteiger partial charge >= 0.3 is 5.97 Å². The average Bonchev–Trinajstić information content (AvgIpc) is 2.28. The van der Waals surface area contributed by atoms with Gasteiger partial charge in [-0.05, 0) is 24.6 Å². The van der Waals surface area contributed by atoms with Crippen LogP contribution in [0.1, 0.15) is 31.1 Å². The van der Waals surface area contributed by atoms with Crippen LogP contribution in [0.4, 0.5) is 5.69 Å². The molecule has 2 N–H and O–H groups in total. The number of hydrogen-bond donors (Lipinski definition) is 1. The number of carbonyl (C=O) groups is 2. The Balaban J connectivity index is 2.80. The molecule has 0 aliphatic rings. The van der Waals surface area contributed by atoms with Crippen molar-refractivity contribution in [3.05, 3.63) is 29.8 Å². The standard InChI is InChI=1S/C13H17NO3S/c1-3-17-13(16)8-12(18-9(2)15)10-4-6-11(14)7-5-10/h4-7,12H,3,8,14H2,1-2H3. The molecule has 0 heterocycles. The second-order valence-corrected chi connectivity index (χ2v) is 5.15. The fourth-order valence-electron chi connectivity index (χ4n) is 1.51. The van der Waals surface area contributed by atoms with E-state index < -0.39 is 0 Å². The average molecular weight is 267 g/mol. The molecular formula is C13H17NO3S. The lowest BCUT2D eigenvalue weighted by Crippen LogP contribution is -2.09. The summed E-state index contributed by atoms with van der Waals surface area (Å²) in [6, 6.07) is 7.17. The Kier molecular flexibility index (Phi) is 5.71. The van der Waals surface area contributed by atoms with E-state index in [1.54, 1.807) is 19.1 Å². The molecule has 0 saturated heterocycles. The summed E-state index contributed by atoms with van der Waals surface area (Å²) in [5, 5.41) is -0.247. The monoisotopic (exact) mass is 267 g/mol. The van der Waals surface area contributed by atoms with E-state index in [2.05, 4.69) is 0 Å². The molecule has 1 rings (SSSR count). The summed E-state index contributed by atoms with van der Waals surface area (Å²) in [5.41, 5.74) is 7.17. The molecule has 0 aliphatic carbocycles. The van der Waals surface area contributed by atoms with E-state index in [1.165, 1.54) is 6.92 Å². The maximum atomic E-state index is 11.5. The molecule has 1 unspecified atom stereocenters. The SMILES string of the molecule is CCOC(=O)CC(SC(C)=O)c1ccc(N)cc1. The maximum absolute atomic E-state index is 11.5. The molecule has 0 spiro atoms. The van der Waals surface area contributed by atoms with Crippen molar-refractivity contribution < 1.29 is 14.3 Å². The number of nitrogen functional groups attached to an aromatic ring is 1. The molecule has 0 bridgehead atoms. The van der Waals surface area contributed by atoms with Crippen molar-refractivity contribution in [2.75, 3.05) is 12.3 Å². The van der Waals surface area contributed by atoms with Gasteiger partial charge in [-0.1, -0.05) is 23.9 Å². The molecule has 1 aromatic rings. The molecule has 98 valence electrons. The van der Waals surface area contributed by atoms with Crippen molar-refractivity contribution in [2.24, 2.45) is 0 Å². The third-order valence-corrected chi connectivity index (χ3v) is 3.33. The quantitative estimate of drug-likeness (QED) is 0.656. The normalized spacial score (nSPS) is 11.9. The van der Waals surface area contributed by atoms with E-state index in [0.29, 0.717) is 12.3 Å². The highest BCUT2D eigenvalue weighted by molar-refractivity contribution is 8.13. The van der Waals surface area contributed by atoms with Crippen molar-refractivity contribution in [1.82, 2.24) is 0 Å². The summed E-state index contributed by atoms with van der Waals surface area (Å²) in [4.78, 5) is 22.7. The zero-order valence-corrected chi connectivity index (χ0v) is 11.3. The molecule has 0 aromatic heterocycles. The van der Waals surface area contributed by atoms with Gasteiger partial charge < -0.3 is 10.5 Å². The first kappa shape index (κ1) is 14.6. The van der Waals surface area contributed by atoms with Crippen LogP contribution in [0.5, 0.6) is 0 Å². The third-order valence-electron chi connectivity index (χ3n) is 2.27. The second kappa shape index (κ2) is 7.06. The Morgan fingerprint density at radius 1 is 1.33 bits per heavy atom. The van der Waals surface area contributed by atoms with Gasteiger partial charge in [0.15, 0.2) is 5.12 Å². The van der Waals surface area contributed by atoms with Gasteiger partial charge in [0.05, 0.1) is 13.0 Å². The van der Waals surface area contributed by atoms with E-state index in [1.807, 2.05) is 12.1 Å². The van der Waals surface area contributed by atoms with Crippen LogP contribution >= 0.6 is 11.8 Å². The van der Waals surface area contributed by atoms with Gasteiger partial charge in [0, 0.05) is 17.9 Å². The molecule has 18 heavy (non-hydrogen) atoms. The number of anilines is 1. The Morgan fingerprint density at radius 2 is 1.94 bits per heavy atom. The highest BCUT2D eigenvalue weighted by atomic mass is 32.2. The number of nitrogens with two attached hydrogens (primary N) is 1. The molecule has 0 radical (unpaired) electrons. The second-order valence-electron chi connectivity index (χ2n) is 3.77. The first-order valence-electron chi connectivity index (χ1n) is 5.71. The van der Waals surface area contributed by atoms with Crippen LogP contribution in [-0.4, -0.2) is 17.7 Å². The first-order chi connectivity index (χ1) is 8.52. The van der Waals surface area contributed by atoms with Crippen LogP contribution in [0.25, 0.3) is 0 Å². The maximum Gasteiger partial charge on any atom is 0.307 e. The minimum Gasteiger partial charge on any atom is -0.466 e. The zero-order valence-electron chi connectivity index (χ0n) is 10.5. The van der Waals surface area contributed by atoms with Crippen LogP contribution in [0.3, 0.4) is 0 Å². The van der Waals surface area contributed by atoms with Crippen LogP contribution in [0.2, 0.25) is 0 Å². The first-order valence-corrected chi connectivity index (χ1v) is 6.59. The summed E-state index contributed by atoms with van der Waals surface area (Å²) in [6.07, 6.45) is 0.183. The predicted octanol–water partition coefficient (Wildman–Crippen LogP) is 2.54. The van der Waals surface area contributed by atoms with Gasteiger partial charge in [0.1, 0.15) is 0 Å². The Bertz CT molecular complexity index is 417. The molecule has 0 saturated carbocycles. The number of esters is 1. The van der Waals surface area contributed by atoms with E-state index >= 15 is 0 Å². The topological polar surface area (TPSA) is 69.4 Å². The summed E-state index contributed by atoms with van der Waals surface area (Å²) < 4.78 is 4.91. The molecular weight excluding hydrogens is 250 g/mol. The van der Waals surface area contributed by atoms with Crippen LogP contribution < -0.4 is 5.73 Å². The van der Waals surface area contributed by atoms with E-state index in [0.717, 1.165) is 17.3 Å². The molecule has 0 amide bonds. The lowest BCUT2D eigenvalue weighted by atomic mass is 10.1. The lowest BCUT2D eigenvalue weighted by Gasteiger charge is -2.14. The van der Waals surface area contributed by atoms with E-state index in [4.69, 9.17) is 10.5 Å². The van der Waals surface area contributed by atoms with Crippen molar-refractivity contribution in [3.8, 4) is 0 Å². The lowest BCUT2D eigenvalue weighted by molar-refractivity contribution is -0.143. The molecule has 0 aliphatic heterocycles. The number of benzene rings is 1. The highest BCUT2D eigenvalue weighted by Gasteiger charge is 2.19. The fourth-order valence-corrected chi connectivity index (χ4v) is 2.42. The number of thioether (sulfide) groups is 1. The molecule has 4 nitrogen and oxygen atoms in total. The van der Waals surface area contributed by atoms with Gasteiger partial charge in [-0.3, -0.25) is 9.59 Å². The van der Waals surface area contributed by atoms with Gasteiger partial charge in [0.2, 0.25) is 0 Å². The summed E-state index contributed by atoms with van der Waals surface area (Å²) in [7, 11) is 0. The molecule has 5 heteroatoms. The Labute approximate surface area is 111 Å². The number of carbonyl (C=O) groups excluding carboxylic acids is 2. The van der Waals surface area contributed by atoms with E-state index in [-0.39, 0.29) is 22.8 Å². The van der Waals surface area contributed by atoms with Gasteiger partial charge in [-0.15, -0.1) is 0 Å². The molecule has 0 fully saturated rings. The van der Waals surface area contributed by atoms with Crippen molar-refractivity contribution >= 4 is 28.5 Å². The van der Waals surface area contributed by atoms with Gasteiger partial charge in [-0.2, -0.15) is 0 Å². The largest absolute Gasteiger partial charge is 0.466 e. The van der Waals surface area contributed by atoms with E-state index in [9.17, 15) is 9.59 Å². The van der Waals surface area contributed by atoms with Crippen LogP contribution in [-0.2, 0) is 14.3 Å². The highest BCUT2D eigenvalue weighted by Crippen LogP contribution is 2.33. The number of ether oxygens (including phenoxy) is 1. The van der Waals surface area contributed by atoms with Crippen LogP contribution in [0.15, 0.2) is 24.3 Å². The predicted molar refractivity (Wildman–Crippen MR) is 73.1 cm³/mol. The Hall–Kier alpha value is -1.49. The minimum atomic E-state index is -0.298. The van der Waals surface area contributed by atoms with Gasteiger partial charge in [0.25, 0.3) is 0 Å². The minimum absolute atomic E-state index is 0.0267. The number of hydrogen-bond acceptors (Lipinski definition) is 5. The summed E-state index contributed by atoms with van der Waals surface area (Å²) in [6.45, 7) is 3.59. The zero-order chi connectivity index (χ0) is 13.5. The third kappa shape index (κ3) is 4.79. The summed E-state index contributed by atoms with van der Waals surface area (Å²) in [5.74, 6) is -0.298. The Morgan fingerprint density at radius 3 is 2.44 bits per heavy atom. The van der Waals surface area contributed by atoms with Crippen molar-refractivity contribution in [3.63, 3.8) is 0 Å².